The predicted octanol–water partition coefficient (Wildman–Crippen LogP) is 4.37. The van der Waals surface area contributed by atoms with Crippen molar-refractivity contribution in [2.75, 3.05) is 4.90 Å². The van der Waals surface area contributed by atoms with Gasteiger partial charge in [0.1, 0.15) is 5.82 Å². The lowest BCUT2D eigenvalue weighted by Crippen LogP contribution is -2.34. The third kappa shape index (κ3) is 3.47. The third-order valence-corrected chi connectivity index (χ3v) is 4.47. The number of carbonyl (C=O) groups excluding carboxylic acids is 1. The Morgan fingerprint density at radius 3 is 2.50 bits per heavy atom. The predicted molar refractivity (Wildman–Crippen MR) is 90.6 cm³/mol. The van der Waals surface area contributed by atoms with Crippen LogP contribution >= 0.6 is 0 Å². The zero-order valence-electron chi connectivity index (χ0n) is 14.3. The zero-order chi connectivity index (χ0) is 19.9. The highest BCUT2D eigenvalue weighted by molar-refractivity contribution is 5.96. The molecule has 0 saturated heterocycles. The minimum atomic E-state index is -4.71. The summed E-state index contributed by atoms with van der Waals surface area (Å²) in [7, 11) is 0. The van der Waals surface area contributed by atoms with Crippen molar-refractivity contribution in [3.05, 3.63) is 65.3 Å². The number of hydrogen-bond donors (Lipinski definition) is 0. The smallest absolute Gasteiger partial charge is 0.329 e. The molecular formula is C19H13F4N3O2. The first-order chi connectivity index (χ1) is 13.3. The van der Waals surface area contributed by atoms with Gasteiger partial charge in [0.05, 0.1) is 12.2 Å². The maximum absolute atomic E-state index is 13.6. The van der Waals surface area contributed by atoms with Gasteiger partial charge in [0.15, 0.2) is 0 Å². The number of nitrogens with zero attached hydrogens (tertiary/aromatic N) is 3. The maximum atomic E-state index is 13.6. The van der Waals surface area contributed by atoms with E-state index in [1.165, 1.54) is 17.0 Å². The fourth-order valence-electron chi connectivity index (χ4n) is 3.08. The molecule has 28 heavy (non-hydrogen) atoms. The fraction of sp³-hybridized carbons (Fsp3) is 0.211. The highest BCUT2D eigenvalue weighted by atomic mass is 19.4. The zero-order valence-corrected chi connectivity index (χ0v) is 14.3. The van der Waals surface area contributed by atoms with Crippen molar-refractivity contribution >= 4 is 11.6 Å². The monoisotopic (exact) mass is 391 g/mol. The van der Waals surface area contributed by atoms with Crippen LogP contribution in [0.15, 0.2) is 47.0 Å². The lowest BCUT2D eigenvalue weighted by atomic mass is 10.00. The average molecular weight is 391 g/mol. The topological polar surface area (TPSA) is 59.2 Å². The van der Waals surface area contributed by atoms with E-state index < -0.39 is 17.9 Å². The average Bonchev–Trinajstić information content (AvgIpc) is 3.15. The van der Waals surface area contributed by atoms with E-state index in [4.69, 9.17) is 0 Å². The summed E-state index contributed by atoms with van der Waals surface area (Å²) in [6.07, 6.45) is -3.81. The van der Waals surface area contributed by atoms with E-state index >= 15 is 0 Å². The summed E-state index contributed by atoms with van der Waals surface area (Å²) in [6, 6.07) is 10.8. The number of hydrogen-bond acceptors (Lipinski definition) is 4. The Bertz CT molecular complexity index is 1030. The molecule has 0 saturated carbocycles. The van der Waals surface area contributed by atoms with Crippen molar-refractivity contribution in [2.24, 2.45) is 0 Å². The van der Waals surface area contributed by atoms with Crippen molar-refractivity contribution in [1.82, 2.24) is 10.1 Å². The van der Waals surface area contributed by atoms with Gasteiger partial charge >= 0.3 is 12.1 Å². The van der Waals surface area contributed by atoms with Crippen LogP contribution in [0.5, 0.6) is 0 Å². The van der Waals surface area contributed by atoms with Crippen LogP contribution in [0.25, 0.3) is 11.4 Å². The minimum absolute atomic E-state index is 0.116. The summed E-state index contributed by atoms with van der Waals surface area (Å²) in [5.41, 5.74) is 2.51. The third-order valence-electron chi connectivity index (χ3n) is 4.47. The Kier molecular flexibility index (Phi) is 4.37. The molecule has 9 heteroatoms. The molecule has 1 aromatic heterocycles. The number of benzene rings is 2. The molecule has 4 rings (SSSR count). The van der Waals surface area contributed by atoms with Crippen LogP contribution in [0, 0.1) is 5.82 Å². The second-order valence-electron chi connectivity index (χ2n) is 6.37. The molecule has 0 fully saturated rings. The number of aryl methyl sites for hydroxylation is 1. The number of anilines is 1. The van der Waals surface area contributed by atoms with Crippen molar-refractivity contribution in [2.45, 2.75) is 25.6 Å². The van der Waals surface area contributed by atoms with Gasteiger partial charge in [0, 0.05) is 12.0 Å². The van der Waals surface area contributed by atoms with Gasteiger partial charge in [-0.15, -0.1) is 0 Å². The molecule has 144 valence electrons. The summed E-state index contributed by atoms with van der Waals surface area (Å²) in [4.78, 5) is 17.2. The molecule has 1 aliphatic heterocycles. The number of alkyl halides is 3. The first-order valence-electron chi connectivity index (χ1n) is 8.40. The van der Waals surface area contributed by atoms with Gasteiger partial charge in [-0.2, -0.15) is 18.2 Å². The molecule has 0 spiro atoms. The van der Waals surface area contributed by atoms with E-state index in [0.717, 1.165) is 11.1 Å². The molecule has 0 atom stereocenters. The maximum Gasteiger partial charge on any atom is 0.471 e. The van der Waals surface area contributed by atoms with Gasteiger partial charge < -0.3 is 9.42 Å². The Labute approximate surface area is 156 Å². The van der Waals surface area contributed by atoms with Crippen LogP contribution in [-0.4, -0.2) is 16.0 Å². The normalized spacial score (nSPS) is 14.3. The number of aromatic nitrogens is 2. The van der Waals surface area contributed by atoms with Crippen LogP contribution in [-0.2, 0) is 23.9 Å². The summed E-state index contributed by atoms with van der Waals surface area (Å²) >= 11 is 0. The molecule has 3 aromatic rings. The quantitative estimate of drug-likeness (QED) is 0.622. The Morgan fingerprint density at radius 1 is 1.07 bits per heavy atom. The van der Waals surface area contributed by atoms with E-state index in [2.05, 4.69) is 14.7 Å². The van der Waals surface area contributed by atoms with E-state index in [-0.39, 0.29) is 18.3 Å². The Morgan fingerprint density at radius 2 is 1.82 bits per heavy atom. The van der Waals surface area contributed by atoms with Crippen LogP contribution in [0.1, 0.15) is 23.4 Å². The number of carbonyl (C=O) groups is 1. The molecule has 0 unspecified atom stereocenters. The summed E-state index contributed by atoms with van der Waals surface area (Å²) in [5.74, 6) is -2.13. The second-order valence-corrected chi connectivity index (χ2v) is 6.37. The number of halogens is 4. The largest absolute Gasteiger partial charge is 0.471 e. The molecule has 0 radical (unpaired) electrons. The Balaban J connectivity index is 1.56. The van der Waals surface area contributed by atoms with Crippen molar-refractivity contribution < 1.29 is 26.9 Å². The van der Waals surface area contributed by atoms with Crippen LogP contribution in [0.3, 0.4) is 0 Å². The van der Waals surface area contributed by atoms with Crippen LogP contribution < -0.4 is 4.90 Å². The number of fused-ring (bicyclic) bond motifs is 1. The number of rotatable bonds is 3. The second kappa shape index (κ2) is 6.74. The van der Waals surface area contributed by atoms with Gasteiger partial charge in [-0.1, -0.05) is 35.5 Å². The van der Waals surface area contributed by atoms with Gasteiger partial charge in [0.25, 0.3) is 0 Å². The Hall–Kier alpha value is -3.23. The molecule has 2 aromatic carbocycles. The standard InChI is InChI=1S/C19H13F4N3O2/c20-14-7-5-12-6-8-16(27)26(15(12)9-14)10-11-1-3-13(4-2-11)17-24-18(28-25-17)19(21,22)23/h1-5,7,9H,6,8,10H2. The number of amides is 1. The molecule has 5 nitrogen and oxygen atoms in total. The molecule has 0 aliphatic carbocycles. The van der Waals surface area contributed by atoms with E-state index in [0.29, 0.717) is 24.1 Å². The van der Waals surface area contributed by atoms with Crippen LogP contribution in [0.2, 0.25) is 0 Å². The highest BCUT2D eigenvalue weighted by Gasteiger charge is 2.38. The lowest BCUT2D eigenvalue weighted by Gasteiger charge is -2.29. The first-order valence-corrected chi connectivity index (χ1v) is 8.40. The van der Waals surface area contributed by atoms with Gasteiger partial charge in [-0.3, -0.25) is 4.79 Å². The SMILES string of the molecule is O=C1CCc2ccc(F)cc2N1Cc1ccc(-c2noc(C(F)(F)F)n2)cc1. The van der Waals surface area contributed by atoms with Crippen molar-refractivity contribution in [3.63, 3.8) is 0 Å². The van der Waals surface area contributed by atoms with E-state index in [1.54, 1.807) is 30.3 Å². The van der Waals surface area contributed by atoms with Gasteiger partial charge in [-0.25, -0.2) is 4.39 Å². The van der Waals surface area contributed by atoms with Gasteiger partial charge in [0.2, 0.25) is 11.7 Å². The van der Waals surface area contributed by atoms with Gasteiger partial charge in [-0.05, 0) is 29.7 Å². The lowest BCUT2D eigenvalue weighted by molar-refractivity contribution is -0.159. The highest BCUT2D eigenvalue weighted by Crippen LogP contribution is 2.31. The first kappa shape index (κ1) is 18.1. The van der Waals surface area contributed by atoms with Crippen molar-refractivity contribution in [3.8, 4) is 11.4 Å². The minimum Gasteiger partial charge on any atom is -0.329 e. The van der Waals surface area contributed by atoms with E-state index in [9.17, 15) is 22.4 Å². The summed E-state index contributed by atoms with van der Waals surface area (Å²) in [5, 5.41) is 3.34. The van der Waals surface area contributed by atoms with Crippen molar-refractivity contribution in [1.29, 1.82) is 0 Å². The summed E-state index contributed by atoms with van der Waals surface area (Å²) in [6.45, 7) is 0.218. The van der Waals surface area contributed by atoms with E-state index in [1.807, 2.05) is 0 Å². The molecule has 0 bridgehead atoms. The molecule has 1 aliphatic rings. The molecule has 1 amide bonds. The molecule has 0 N–H and O–H groups in total. The summed E-state index contributed by atoms with van der Waals surface area (Å²) < 4.78 is 55.5. The molecule has 2 heterocycles. The molecular weight excluding hydrogens is 378 g/mol. The van der Waals surface area contributed by atoms with Crippen LogP contribution in [0.4, 0.5) is 23.2 Å². The fourth-order valence-corrected chi connectivity index (χ4v) is 3.08.